The summed E-state index contributed by atoms with van der Waals surface area (Å²) < 4.78 is 16.7. The number of hydrogen-bond acceptors (Lipinski definition) is 7. The molecule has 2 aromatic rings. The van der Waals surface area contributed by atoms with Crippen molar-refractivity contribution in [2.45, 2.75) is 50.9 Å². The number of benzene rings is 2. The molecule has 0 N–H and O–H groups in total. The van der Waals surface area contributed by atoms with Gasteiger partial charge < -0.3 is 14.2 Å². The van der Waals surface area contributed by atoms with Crippen LogP contribution in [0, 0.1) is 5.92 Å². The van der Waals surface area contributed by atoms with E-state index in [4.69, 9.17) is 14.2 Å². The van der Waals surface area contributed by atoms with E-state index >= 15 is 0 Å². The van der Waals surface area contributed by atoms with Gasteiger partial charge in [0.05, 0.1) is 31.8 Å². The van der Waals surface area contributed by atoms with E-state index in [-0.39, 0.29) is 29.0 Å². The topological polar surface area (TPSA) is 65.1 Å². The molecule has 2 fully saturated rings. The van der Waals surface area contributed by atoms with Gasteiger partial charge in [-0.05, 0) is 48.3 Å². The second-order valence-corrected chi connectivity index (χ2v) is 10.8. The van der Waals surface area contributed by atoms with Crippen molar-refractivity contribution in [3.63, 3.8) is 0 Å². The second-order valence-electron chi connectivity index (χ2n) is 9.86. The fourth-order valence-electron chi connectivity index (χ4n) is 5.27. The molecule has 2 aromatic carbocycles. The first-order valence-electron chi connectivity index (χ1n) is 13.6. The summed E-state index contributed by atoms with van der Waals surface area (Å²) in [7, 11) is 1.59. The molecule has 1 aliphatic carbocycles. The maximum atomic E-state index is 13.5. The van der Waals surface area contributed by atoms with Gasteiger partial charge in [0.25, 0.3) is 0 Å². The minimum absolute atomic E-state index is 0.107. The van der Waals surface area contributed by atoms with Crippen LogP contribution < -0.4 is 0 Å². The van der Waals surface area contributed by atoms with Crippen LogP contribution in [0.2, 0.25) is 0 Å². The lowest BCUT2D eigenvalue weighted by molar-refractivity contribution is -0.133. The molecule has 1 saturated heterocycles. The average molecular weight is 538 g/mol. The van der Waals surface area contributed by atoms with E-state index in [1.165, 1.54) is 22.9 Å². The summed E-state index contributed by atoms with van der Waals surface area (Å²) in [5.74, 6) is 0.876. The molecular formula is C31H39NO5S. The first-order chi connectivity index (χ1) is 18.7. The minimum atomic E-state index is -0.374. The number of ether oxygens (including phenoxy) is 3. The number of ketones is 1. The Bertz CT molecular complexity index is 1040. The van der Waals surface area contributed by atoms with Gasteiger partial charge in [0, 0.05) is 26.6 Å². The number of carbonyl (C=O) groups excluding carboxylic acids is 2. The molecule has 1 aliphatic heterocycles. The van der Waals surface area contributed by atoms with Crippen LogP contribution in [0.4, 0.5) is 0 Å². The van der Waals surface area contributed by atoms with Crippen LogP contribution in [0.25, 0.3) is 11.1 Å². The van der Waals surface area contributed by atoms with E-state index in [9.17, 15) is 9.59 Å². The number of thioether (sulfide) groups is 1. The highest BCUT2D eigenvalue weighted by Gasteiger charge is 2.45. The van der Waals surface area contributed by atoms with E-state index in [0.717, 1.165) is 44.3 Å². The molecule has 2 aliphatic rings. The fourth-order valence-corrected chi connectivity index (χ4v) is 5.78. The van der Waals surface area contributed by atoms with Crippen molar-refractivity contribution in [3.8, 4) is 11.1 Å². The Morgan fingerprint density at radius 3 is 2.47 bits per heavy atom. The van der Waals surface area contributed by atoms with Gasteiger partial charge in [0.15, 0.2) is 10.9 Å². The van der Waals surface area contributed by atoms with Crippen molar-refractivity contribution in [2.75, 3.05) is 39.4 Å². The largest absolute Gasteiger partial charge is 0.379 e. The Kier molecular flexibility index (Phi) is 11.6. The molecule has 0 aromatic heterocycles. The molecule has 38 heavy (non-hydrogen) atoms. The molecule has 204 valence electrons. The summed E-state index contributed by atoms with van der Waals surface area (Å²) >= 11 is 1.22. The quantitative estimate of drug-likeness (QED) is 0.247. The lowest BCUT2D eigenvalue weighted by Gasteiger charge is -2.34. The summed E-state index contributed by atoms with van der Waals surface area (Å²) in [6.45, 7) is 3.36. The summed E-state index contributed by atoms with van der Waals surface area (Å²) in [6, 6.07) is 18.6. The number of rotatable bonds is 13. The zero-order valence-corrected chi connectivity index (χ0v) is 23.1. The van der Waals surface area contributed by atoms with E-state index in [2.05, 4.69) is 53.5 Å². The van der Waals surface area contributed by atoms with E-state index in [1.807, 2.05) is 18.2 Å². The van der Waals surface area contributed by atoms with Gasteiger partial charge in [-0.15, -0.1) is 0 Å². The van der Waals surface area contributed by atoms with Crippen molar-refractivity contribution >= 4 is 22.7 Å². The Balaban J connectivity index is 1.30. The molecule has 1 saturated carbocycles. The fraction of sp³-hybridized carbons (Fsp3) is 0.484. The smallest absolute Gasteiger partial charge is 0.191 e. The highest BCUT2D eigenvalue weighted by Crippen LogP contribution is 2.34. The monoisotopic (exact) mass is 537 g/mol. The van der Waals surface area contributed by atoms with Crippen LogP contribution in [-0.4, -0.2) is 67.3 Å². The van der Waals surface area contributed by atoms with Crippen molar-refractivity contribution in [3.05, 3.63) is 72.3 Å². The van der Waals surface area contributed by atoms with Gasteiger partial charge in [-0.25, -0.2) is 0 Å². The van der Waals surface area contributed by atoms with Crippen molar-refractivity contribution < 1.29 is 23.8 Å². The maximum absolute atomic E-state index is 13.5. The molecular weight excluding hydrogens is 498 g/mol. The minimum Gasteiger partial charge on any atom is -0.379 e. The number of carbonyl (C=O) groups is 2. The number of nitrogens with zero attached hydrogens (tertiary/aromatic N) is 1. The normalized spacial score (nSPS) is 22.3. The zero-order valence-electron chi connectivity index (χ0n) is 22.3. The van der Waals surface area contributed by atoms with Crippen molar-refractivity contribution in [1.29, 1.82) is 0 Å². The summed E-state index contributed by atoms with van der Waals surface area (Å²) in [5, 5.41) is 0.153. The van der Waals surface area contributed by atoms with Gasteiger partial charge in [-0.1, -0.05) is 78.5 Å². The molecule has 0 spiro atoms. The number of morpholine rings is 1. The molecule has 1 unspecified atom stereocenters. The van der Waals surface area contributed by atoms with Crippen LogP contribution in [-0.2, 0) is 30.4 Å². The van der Waals surface area contributed by atoms with Crippen LogP contribution >= 0.6 is 11.8 Å². The summed E-state index contributed by atoms with van der Waals surface area (Å²) in [5.41, 5.74) is 3.43. The molecule has 6 nitrogen and oxygen atoms in total. The molecule has 3 atom stereocenters. The predicted octanol–water partition coefficient (Wildman–Crippen LogP) is 5.51. The van der Waals surface area contributed by atoms with E-state index in [1.54, 1.807) is 7.11 Å². The van der Waals surface area contributed by atoms with Crippen molar-refractivity contribution in [2.24, 2.45) is 5.92 Å². The number of methoxy groups -OCH3 is 1. The summed E-state index contributed by atoms with van der Waals surface area (Å²) in [6.07, 6.45) is 7.69. The first kappa shape index (κ1) is 28.7. The highest BCUT2D eigenvalue weighted by molar-refractivity contribution is 8.13. The average Bonchev–Trinajstić information content (AvgIpc) is 3.28. The van der Waals surface area contributed by atoms with Gasteiger partial charge in [-0.2, -0.15) is 0 Å². The number of allylic oxidation sites excluding steroid dienone is 2. The summed E-state index contributed by atoms with van der Waals surface area (Å²) in [4.78, 5) is 27.6. The van der Waals surface area contributed by atoms with Crippen molar-refractivity contribution in [1.82, 2.24) is 4.90 Å². The van der Waals surface area contributed by atoms with Gasteiger partial charge >= 0.3 is 0 Å². The van der Waals surface area contributed by atoms with Crippen LogP contribution in [0.1, 0.15) is 37.7 Å². The maximum Gasteiger partial charge on any atom is 0.191 e. The number of Topliss-reactive ketones (excluding diaryl/α,β-unsaturated/α-hetero) is 1. The second kappa shape index (κ2) is 15.3. The SMILES string of the molecule is COCSC(=O)CC/C=C\CC[C@@H]1CC(OCc2ccc(-c3ccccc3)cc2)C(=O)[C@H]1N1CCOCC1. The molecule has 1 heterocycles. The van der Waals surface area contributed by atoms with Gasteiger partial charge in [-0.3, -0.25) is 14.5 Å². The lowest BCUT2D eigenvalue weighted by atomic mass is 9.95. The molecule has 4 rings (SSSR count). The molecule has 0 radical (unpaired) electrons. The zero-order chi connectivity index (χ0) is 26.6. The third-order valence-electron chi connectivity index (χ3n) is 7.25. The number of hydrogen-bond donors (Lipinski definition) is 0. The Labute approximate surface area is 230 Å². The Morgan fingerprint density at radius 1 is 1.03 bits per heavy atom. The highest BCUT2D eigenvalue weighted by atomic mass is 32.2. The van der Waals surface area contributed by atoms with E-state index in [0.29, 0.717) is 32.2 Å². The third kappa shape index (κ3) is 8.35. The van der Waals surface area contributed by atoms with E-state index < -0.39 is 0 Å². The van der Waals surface area contributed by atoms with Gasteiger partial charge in [0.1, 0.15) is 6.10 Å². The van der Waals surface area contributed by atoms with Crippen LogP contribution in [0.3, 0.4) is 0 Å². The Hall–Kier alpha value is -2.29. The standard InChI is InChI=1S/C31H39NO5S/c1-35-23-38-29(33)12-8-3-2-5-11-27-21-28(31(34)30(27)32-17-19-36-20-18-32)37-22-24-13-15-26(16-14-24)25-9-6-4-7-10-25/h2-4,6-7,9-10,13-16,27-28,30H,5,8,11-12,17-23H2,1H3/b3-2-/t27-,28?,30+/m1/s1. The molecule has 0 amide bonds. The van der Waals surface area contributed by atoms with Crippen LogP contribution in [0.15, 0.2) is 66.7 Å². The predicted molar refractivity (Wildman–Crippen MR) is 152 cm³/mol. The molecule has 7 heteroatoms. The third-order valence-corrected chi connectivity index (χ3v) is 8.13. The first-order valence-corrected chi connectivity index (χ1v) is 14.6. The van der Waals surface area contributed by atoms with Crippen LogP contribution in [0.5, 0.6) is 0 Å². The van der Waals surface area contributed by atoms with Gasteiger partial charge in [0.2, 0.25) is 0 Å². The lowest BCUT2D eigenvalue weighted by Crippen LogP contribution is -2.49. The molecule has 0 bridgehead atoms. The Morgan fingerprint density at radius 2 is 1.74 bits per heavy atom.